The molecular weight excluding hydrogens is 442 g/mol. The number of carbonyl (C=O) groups is 2. The number of para-hydroxylation sites is 1. The van der Waals surface area contributed by atoms with E-state index in [2.05, 4.69) is 20.3 Å². The fraction of sp³-hybridized carbons (Fsp3) is 0.296. The van der Waals surface area contributed by atoms with Crippen molar-refractivity contribution in [3.63, 3.8) is 0 Å². The minimum atomic E-state index is -0.461. The highest BCUT2D eigenvalue weighted by Crippen LogP contribution is 2.21. The molecule has 3 N–H and O–H groups in total. The summed E-state index contributed by atoms with van der Waals surface area (Å²) in [6, 6.07) is 17.0. The van der Waals surface area contributed by atoms with E-state index in [1.807, 2.05) is 60.8 Å². The van der Waals surface area contributed by atoms with Crippen LogP contribution in [0.1, 0.15) is 50.9 Å². The molecule has 2 heterocycles. The zero-order chi connectivity index (χ0) is 24.6. The number of nitrogens with zero attached hydrogens (tertiary/aromatic N) is 2. The molecule has 180 valence electrons. The van der Waals surface area contributed by atoms with Gasteiger partial charge in [-0.3, -0.25) is 9.36 Å². The summed E-state index contributed by atoms with van der Waals surface area (Å²) in [4.78, 5) is 47.3. The molecule has 0 unspecified atom stereocenters. The van der Waals surface area contributed by atoms with Crippen LogP contribution >= 0.6 is 0 Å². The van der Waals surface area contributed by atoms with Crippen LogP contribution in [0.3, 0.4) is 0 Å². The van der Waals surface area contributed by atoms with Crippen molar-refractivity contribution < 1.29 is 14.6 Å². The standard InChI is InChI=1S/C27H29N5O3/c1-19(33)10-4-2-7-14-22(26-28-17-23(31-26)20-11-5-3-6-12-20)30-25(34)18-32-24-15-9-8-13-21(24)16-29-27(32)35/h3,5-6,8-9,11-13,15-17,22H,2,4,7,10,14,18H2,1H3,(H,28,31)(H,30,34)/p+1/t22-/m0/s1. The van der Waals surface area contributed by atoms with Crippen molar-refractivity contribution in [1.82, 2.24) is 19.9 Å². The van der Waals surface area contributed by atoms with Crippen molar-refractivity contribution >= 4 is 22.6 Å². The van der Waals surface area contributed by atoms with Gasteiger partial charge >= 0.3 is 5.69 Å². The predicted molar refractivity (Wildman–Crippen MR) is 133 cm³/mol. The maximum Gasteiger partial charge on any atom is 0.348 e. The molecule has 8 heteroatoms. The Morgan fingerprint density at radius 1 is 1.06 bits per heavy atom. The predicted octanol–water partition coefficient (Wildman–Crippen LogP) is 3.60. The number of hydrogen-bond acceptors (Lipinski definition) is 4. The molecule has 4 aromatic rings. The topological polar surface area (TPSA) is 111 Å². The third-order valence-electron chi connectivity index (χ3n) is 6.01. The number of Topliss-reactive ketones (excluding diaryl/α,β-unsaturated/α-hetero) is 1. The molecule has 0 aliphatic carbocycles. The van der Waals surface area contributed by atoms with E-state index >= 15 is 0 Å². The van der Waals surface area contributed by atoms with Gasteiger partial charge in [0.25, 0.3) is 5.82 Å². The number of aromatic amines is 2. The summed E-state index contributed by atoms with van der Waals surface area (Å²) in [6.45, 7) is 1.48. The Labute approximate surface area is 203 Å². The number of ketones is 1. The van der Waals surface area contributed by atoms with Crippen molar-refractivity contribution in [2.45, 2.75) is 51.6 Å². The van der Waals surface area contributed by atoms with Gasteiger partial charge in [0.2, 0.25) is 5.91 Å². The maximum absolute atomic E-state index is 13.1. The molecule has 4 rings (SSSR count). The van der Waals surface area contributed by atoms with Crippen LogP contribution in [0.2, 0.25) is 0 Å². The molecule has 1 atom stereocenters. The van der Waals surface area contributed by atoms with Crippen molar-refractivity contribution in [3.05, 3.63) is 83.3 Å². The Morgan fingerprint density at radius 2 is 1.83 bits per heavy atom. The van der Waals surface area contributed by atoms with E-state index < -0.39 is 5.69 Å². The van der Waals surface area contributed by atoms with Crippen LogP contribution in [0.5, 0.6) is 0 Å². The number of nitrogens with one attached hydrogen (secondary N) is 3. The molecule has 8 nitrogen and oxygen atoms in total. The molecule has 2 aromatic heterocycles. The number of aromatic nitrogens is 4. The molecule has 0 aliphatic heterocycles. The van der Waals surface area contributed by atoms with E-state index in [9.17, 15) is 14.4 Å². The summed E-state index contributed by atoms with van der Waals surface area (Å²) in [7, 11) is 0. The number of hydrogen-bond donors (Lipinski definition) is 2. The summed E-state index contributed by atoms with van der Waals surface area (Å²) >= 11 is 0. The number of H-pyrrole nitrogens is 2. The first-order valence-electron chi connectivity index (χ1n) is 11.9. The molecular formula is C27H30N5O3+. The van der Waals surface area contributed by atoms with E-state index in [-0.39, 0.29) is 24.3 Å². The van der Waals surface area contributed by atoms with Crippen LogP contribution in [-0.4, -0.2) is 26.2 Å². The SMILES string of the molecule is CC(=O)CCCCC[C@H](NC(=O)Cn1c(=O)ncc2ccccc21)c1[nH]c(-c2ccccc2)c[nH+]1. The highest BCUT2D eigenvalue weighted by Gasteiger charge is 2.23. The summed E-state index contributed by atoms with van der Waals surface area (Å²) in [6.07, 6.45) is 7.25. The van der Waals surface area contributed by atoms with Gasteiger partial charge in [0, 0.05) is 23.6 Å². The maximum atomic E-state index is 13.1. The fourth-order valence-corrected chi connectivity index (χ4v) is 4.19. The average molecular weight is 473 g/mol. The number of fused-ring (bicyclic) bond motifs is 1. The number of imidazole rings is 1. The second-order valence-corrected chi connectivity index (χ2v) is 8.71. The van der Waals surface area contributed by atoms with Crippen LogP contribution in [-0.2, 0) is 16.1 Å². The minimum absolute atomic E-state index is 0.125. The molecule has 0 bridgehead atoms. The van der Waals surface area contributed by atoms with Crippen LogP contribution in [0.25, 0.3) is 22.2 Å². The van der Waals surface area contributed by atoms with Crippen LogP contribution in [0.4, 0.5) is 0 Å². The fourth-order valence-electron chi connectivity index (χ4n) is 4.19. The van der Waals surface area contributed by atoms with Crippen molar-refractivity contribution in [3.8, 4) is 11.3 Å². The second-order valence-electron chi connectivity index (χ2n) is 8.71. The van der Waals surface area contributed by atoms with Gasteiger partial charge < -0.3 is 10.1 Å². The van der Waals surface area contributed by atoms with Gasteiger partial charge in [0.1, 0.15) is 24.6 Å². The Bertz CT molecular complexity index is 1360. The lowest BCUT2D eigenvalue weighted by atomic mass is 10.1. The monoisotopic (exact) mass is 472 g/mol. The smallest absolute Gasteiger partial charge is 0.340 e. The van der Waals surface area contributed by atoms with Gasteiger partial charge in [-0.25, -0.2) is 19.7 Å². The van der Waals surface area contributed by atoms with E-state index in [4.69, 9.17) is 0 Å². The van der Waals surface area contributed by atoms with Crippen LogP contribution in [0, 0.1) is 0 Å². The van der Waals surface area contributed by atoms with Gasteiger partial charge in [-0.15, -0.1) is 0 Å². The van der Waals surface area contributed by atoms with Gasteiger partial charge in [-0.2, -0.15) is 0 Å². The molecule has 0 aliphatic rings. The summed E-state index contributed by atoms with van der Waals surface area (Å²) in [5.41, 5.74) is 2.17. The third kappa shape index (κ3) is 6.29. The lowest BCUT2D eigenvalue weighted by molar-refractivity contribution is -0.391. The van der Waals surface area contributed by atoms with E-state index in [0.717, 1.165) is 41.7 Å². The molecule has 0 radical (unpaired) electrons. The Morgan fingerprint density at radius 3 is 2.63 bits per heavy atom. The zero-order valence-electron chi connectivity index (χ0n) is 19.8. The quantitative estimate of drug-likeness (QED) is 0.325. The molecule has 0 saturated carbocycles. The normalized spacial score (nSPS) is 11.9. The lowest BCUT2D eigenvalue weighted by Crippen LogP contribution is -2.37. The average Bonchev–Trinajstić information content (AvgIpc) is 3.36. The Hall–Kier alpha value is -4.07. The molecule has 0 saturated heterocycles. The molecule has 0 fully saturated rings. The molecule has 2 aromatic carbocycles. The molecule has 1 amide bonds. The highest BCUT2D eigenvalue weighted by molar-refractivity contribution is 5.81. The van der Waals surface area contributed by atoms with Crippen molar-refractivity contribution in [2.75, 3.05) is 0 Å². The number of unbranched alkanes of at least 4 members (excludes halogenated alkanes) is 2. The zero-order valence-corrected chi connectivity index (χ0v) is 19.8. The first-order chi connectivity index (χ1) is 17.0. The Kier molecular flexibility index (Phi) is 7.82. The van der Waals surface area contributed by atoms with E-state index in [1.165, 1.54) is 10.8 Å². The van der Waals surface area contributed by atoms with Crippen LogP contribution in [0.15, 0.2) is 71.8 Å². The number of carbonyl (C=O) groups excluding carboxylic acids is 2. The number of benzene rings is 2. The summed E-state index contributed by atoms with van der Waals surface area (Å²) in [5.74, 6) is 0.699. The van der Waals surface area contributed by atoms with Gasteiger partial charge in [-0.05, 0) is 25.8 Å². The van der Waals surface area contributed by atoms with Crippen molar-refractivity contribution in [2.24, 2.45) is 0 Å². The second kappa shape index (κ2) is 11.4. The van der Waals surface area contributed by atoms with E-state index in [0.29, 0.717) is 18.4 Å². The van der Waals surface area contributed by atoms with Gasteiger partial charge in [0.15, 0.2) is 5.69 Å². The minimum Gasteiger partial charge on any atom is -0.340 e. The van der Waals surface area contributed by atoms with E-state index in [1.54, 1.807) is 6.92 Å². The first kappa shape index (κ1) is 24.1. The third-order valence-corrected chi connectivity index (χ3v) is 6.01. The number of rotatable bonds is 11. The molecule has 35 heavy (non-hydrogen) atoms. The summed E-state index contributed by atoms with van der Waals surface area (Å²) < 4.78 is 1.39. The van der Waals surface area contributed by atoms with Crippen molar-refractivity contribution in [1.29, 1.82) is 0 Å². The highest BCUT2D eigenvalue weighted by atomic mass is 16.2. The molecule has 0 spiro atoms. The number of amides is 1. The first-order valence-corrected chi connectivity index (χ1v) is 11.9. The largest absolute Gasteiger partial charge is 0.348 e. The lowest BCUT2D eigenvalue weighted by Gasteiger charge is -2.15. The van der Waals surface area contributed by atoms with Gasteiger partial charge in [0.05, 0.1) is 5.52 Å². The van der Waals surface area contributed by atoms with Crippen LogP contribution < -0.4 is 16.0 Å². The summed E-state index contributed by atoms with van der Waals surface area (Å²) in [5, 5.41) is 3.88. The Balaban J connectivity index is 1.51. The van der Waals surface area contributed by atoms with Gasteiger partial charge in [-0.1, -0.05) is 61.4 Å².